The number of pyridine rings is 1. The molecular formula is C46H48N4OPt. The summed E-state index contributed by atoms with van der Waals surface area (Å²) in [5, 5.41) is 7.41. The van der Waals surface area contributed by atoms with Crippen LogP contribution in [0.1, 0.15) is 86.3 Å². The third-order valence-electron chi connectivity index (χ3n) is 10.3. The van der Waals surface area contributed by atoms with Crippen molar-refractivity contribution in [3.8, 4) is 34.1 Å². The van der Waals surface area contributed by atoms with Crippen molar-refractivity contribution < 1.29 is 25.8 Å². The van der Waals surface area contributed by atoms with Crippen molar-refractivity contribution in [2.75, 3.05) is 0 Å². The molecule has 0 aliphatic heterocycles. The summed E-state index contributed by atoms with van der Waals surface area (Å²) in [6.45, 7) is 27.2. The predicted octanol–water partition coefficient (Wildman–Crippen LogP) is 11.9. The summed E-state index contributed by atoms with van der Waals surface area (Å²) in [4.78, 5) is 4.72. The van der Waals surface area contributed by atoms with Crippen LogP contribution >= 0.6 is 0 Å². The summed E-state index contributed by atoms with van der Waals surface area (Å²) >= 11 is 0. The van der Waals surface area contributed by atoms with Gasteiger partial charge in [-0.25, -0.2) is 4.98 Å². The number of aromatic nitrogens is 4. The fourth-order valence-corrected chi connectivity index (χ4v) is 8.07. The van der Waals surface area contributed by atoms with Crippen LogP contribution in [0.2, 0.25) is 0 Å². The summed E-state index contributed by atoms with van der Waals surface area (Å²) in [6.07, 6.45) is 1.85. The van der Waals surface area contributed by atoms with Gasteiger partial charge in [-0.2, -0.15) is 17.2 Å². The number of para-hydroxylation sites is 1. The van der Waals surface area contributed by atoms with Gasteiger partial charge in [0.1, 0.15) is 5.82 Å². The third-order valence-corrected chi connectivity index (χ3v) is 10.3. The number of hydrogen-bond acceptors (Lipinski definition) is 3. The van der Waals surface area contributed by atoms with Crippen molar-refractivity contribution in [1.82, 2.24) is 19.3 Å². The van der Waals surface area contributed by atoms with E-state index < -0.39 is 0 Å². The molecule has 0 fully saturated rings. The van der Waals surface area contributed by atoms with Gasteiger partial charge in [0.15, 0.2) is 0 Å². The van der Waals surface area contributed by atoms with Crippen molar-refractivity contribution in [3.05, 3.63) is 130 Å². The van der Waals surface area contributed by atoms with Gasteiger partial charge in [0.2, 0.25) is 0 Å². The zero-order valence-electron chi connectivity index (χ0n) is 32.4. The molecule has 4 aromatic carbocycles. The second-order valence-electron chi connectivity index (χ2n) is 16.1. The van der Waals surface area contributed by atoms with Gasteiger partial charge >= 0.3 is 21.1 Å². The Labute approximate surface area is 323 Å². The minimum atomic E-state index is -0.0581. The maximum atomic E-state index is 6.51. The fraction of sp³-hybridized carbons (Fsp3) is 0.304. The Morgan fingerprint density at radius 1 is 0.654 bits per heavy atom. The first-order valence-corrected chi connectivity index (χ1v) is 17.9. The minimum absolute atomic E-state index is 0. The normalized spacial score (nSPS) is 12.1. The molecule has 0 amide bonds. The molecule has 0 N–H and O–H groups in total. The van der Waals surface area contributed by atoms with Crippen LogP contribution in [-0.4, -0.2) is 19.3 Å². The number of nitrogens with zero attached hydrogens (tertiary/aromatic N) is 4. The van der Waals surface area contributed by atoms with Crippen LogP contribution in [0.3, 0.4) is 0 Å². The van der Waals surface area contributed by atoms with E-state index in [9.17, 15) is 0 Å². The van der Waals surface area contributed by atoms with E-state index in [1.165, 1.54) is 38.9 Å². The van der Waals surface area contributed by atoms with Gasteiger partial charge in [0, 0.05) is 34.5 Å². The second-order valence-corrected chi connectivity index (χ2v) is 16.1. The number of ether oxygens (including phenoxy) is 1. The van der Waals surface area contributed by atoms with Gasteiger partial charge in [-0.15, -0.1) is 35.7 Å². The van der Waals surface area contributed by atoms with E-state index in [0.717, 1.165) is 50.3 Å². The van der Waals surface area contributed by atoms with Crippen LogP contribution in [-0.2, 0) is 31.9 Å². The molecule has 0 bridgehead atoms. The first-order valence-electron chi connectivity index (χ1n) is 17.9. The van der Waals surface area contributed by atoms with Crippen LogP contribution < -0.4 is 4.74 Å². The molecule has 0 radical (unpaired) electrons. The number of fused-ring (bicyclic) bond motifs is 3. The molecule has 0 saturated heterocycles. The van der Waals surface area contributed by atoms with Gasteiger partial charge < -0.3 is 9.30 Å². The average Bonchev–Trinajstić information content (AvgIpc) is 3.54. The molecule has 5 nitrogen and oxygen atoms in total. The van der Waals surface area contributed by atoms with Crippen LogP contribution in [0.4, 0.5) is 0 Å². The SMILES string of the molecule is Cc1ccnc(-n2c3[c-]c(Oc4[c-]c(-n5nc(C)c(-c6c(C(C)(C)C)c(C)c(C)c(C)c6C(C)(C)C)c5C)ccc4)ccc3c3ccccc32)c1.[Pt+2]. The van der Waals surface area contributed by atoms with Crippen LogP contribution in [0, 0.1) is 53.7 Å². The second kappa shape index (κ2) is 13.5. The molecule has 52 heavy (non-hydrogen) atoms. The number of rotatable bonds is 5. The van der Waals surface area contributed by atoms with Crippen LogP contribution in [0.5, 0.6) is 11.5 Å². The molecule has 6 heteroatoms. The van der Waals surface area contributed by atoms with E-state index in [4.69, 9.17) is 14.8 Å². The molecule has 0 unspecified atom stereocenters. The van der Waals surface area contributed by atoms with Crippen molar-refractivity contribution in [1.29, 1.82) is 0 Å². The summed E-state index contributed by atoms with van der Waals surface area (Å²) in [6, 6.07) is 29.7. The fourth-order valence-electron chi connectivity index (χ4n) is 8.07. The van der Waals surface area contributed by atoms with Gasteiger partial charge in [-0.3, -0.25) is 4.68 Å². The van der Waals surface area contributed by atoms with Gasteiger partial charge in [-0.05, 0) is 121 Å². The molecule has 268 valence electrons. The van der Waals surface area contributed by atoms with Gasteiger partial charge in [0.05, 0.1) is 5.69 Å². The van der Waals surface area contributed by atoms with Crippen LogP contribution in [0.15, 0.2) is 72.9 Å². The first kappa shape index (κ1) is 37.3. The smallest absolute Gasteiger partial charge is 0.509 e. The molecule has 0 saturated carbocycles. The van der Waals surface area contributed by atoms with Crippen molar-refractivity contribution in [2.24, 2.45) is 0 Å². The van der Waals surface area contributed by atoms with Gasteiger partial charge in [-0.1, -0.05) is 65.3 Å². The molecule has 0 spiro atoms. The molecule has 0 atom stereocenters. The van der Waals surface area contributed by atoms with E-state index in [1.54, 1.807) is 0 Å². The minimum Gasteiger partial charge on any atom is -0.509 e. The Kier molecular flexibility index (Phi) is 9.68. The quantitative estimate of drug-likeness (QED) is 0.162. The molecule has 7 aromatic rings. The Bertz CT molecular complexity index is 2440. The van der Waals surface area contributed by atoms with Crippen molar-refractivity contribution >= 4 is 21.8 Å². The van der Waals surface area contributed by atoms with E-state index in [2.05, 4.69) is 136 Å². The molecule has 0 aliphatic carbocycles. The molecular weight excluding hydrogens is 820 g/mol. The van der Waals surface area contributed by atoms with E-state index in [0.29, 0.717) is 11.5 Å². The molecule has 7 rings (SSSR count). The Morgan fingerprint density at radius 2 is 1.31 bits per heavy atom. The molecule has 3 aromatic heterocycles. The standard InChI is InChI=1S/C46H48N4O.Pt/c1-27-22-23-47-40(24-27)49-38-19-14-13-18-36(38)37-21-20-35(26-39(37)49)51-34-17-15-16-33(25-34)50-32(6)41(31(5)48-50)42-43(45(7,8)9)29(3)28(2)30(4)44(42)46(10,11)12;/h13-24H,1-12H3;/q-2;+2. The summed E-state index contributed by atoms with van der Waals surface area (Å²) in [7, 11) is 0. The Morgan fingerprint density at radius 3 is 1.96 bits per heavy atom. The monoisotopic (exact) mass is 867 g/mol. The topological polar surface area (TPSA) is 44.9 Å². The zero-order chi connectivity index (χ0) is 36.6. The van der Waals surface area contributed by atoms with Crippen molar-refractivity contribution in [2.45, 2.75) is 93.9 Å². The van der Waals surface area contributed by atoms with Crippen molar-refractivity contribution in [3.63, 3.8) is 0 Å². The number of aryl methyl sites for hydroxylation is 2. The predicted molar refractivity (Wildman–Crippen MR) is 211 cm³/mol. The van der Waals surface area contributed by atoms with E-state index in [1.807, 2.05) is 41.2 Å². The number of hydrogen-bond donors (Lipinski definition) is 0. The largest absolute Gasteiger partial charge is 2.00 e. The summed E-state index contributed by atoms with van der Waals surface area (Å²) in [5.41, 5.74) is 15.4. The van der Waals surface area contributed by atoms with Gasteiger partial charge in [0.25, 0.3) is 0 Å². The Hall–Kier alpha value is -4.47. The maximum Gasteiger partial charge on any atom is 2.00 e. The third kappa shape index (κ3) is 6.32. The number of benzene rings is 4. The van der Waals surface area contributed by atoms with Crippen LogP contribution in [0.25, 0.3) is 44.4 Å². The maximum absolute atomic E-state index is 6.51. The average molecular weight is 868 g/mol. The first-order chi connectivity index (χ1) is 24.1. The zero-order valence-corrected chi connectivity index (χ0v) is 34.7. The summed E-state index contributed by atoms with van der Waals surface area (Å²) in [5.74, 6) is 2.06. The molecule has 0 aliphatic rings. The molecule has 3 heterocycles. The van der Waals surface area contributed by atoms with E-state index >= 15 is 0 Å². The Balaban J connectivity index is 0.00000464. The summed E-state index contributed by atoms with van der Waals surface area (Å²) < 4.78 is 10.7. The van der Waals surface area contributed by atoms with E-state index in [-0.39, 0.29) is 31.9 Å².